The summed E-state index contributed by atoms with van der Waals surface area (Å²) in [6.45, 7) is 4.03. The second kappa shape index (κ2) is 22.0. The number of hydrogen-bond donors (Lipinski definition) is 3. The first-order chi connectivity index (χ1) is 14.7. The van der Waals surface area contributed by atoms with Gasteiger partial charge in [0.25, 0.3) is 0 Å². The second-order valence-electron chi connectivity index (χ2n) is 7.67. The minimum atomic E-state index is -0.671. The molecule has 0 bridgehead atoms. The van der Waals surface area contributed by atoms with Crippen LogP contribution in [0.25, 0.3) is 0 Å². The van der Waals surface area contributed by atoms with Gasteiger partial charge in [-0.25, -0.2) is 0 Å². The highest BCUT2D eigenvalue weighted by Gasteiger charge is 2.19. The van der Waals surface area contributed by atoms with Crippen LogP contribution in [0.1, 0.15) is 90.9 Å². The molecule has 0 aromatic heterocycles. The third-order valence-corrected chi connectivity index (χ3v) is 4.85. The van der Waals surface area contributed by atoms with Gasteiger partial charge in [0.05, 0.1) is 18.8 Å². The standard InChI is InChI=1S/C26H45NO3/c1-3-5-7-8-9-10-11-12-13-14-15-16-17-18-20-22-26(30)27-24(23-28)25(29)21-19-6-4-2/h5,7,9-10,12-13,15-16,24-25,28-29H,3-4,6,8,11,14,17-23H2,1-2H3,(H,27,30)/b7-5-,10-9-,13-12-,16-15-. The lowest BCUT2D eigenvalue weighted by molar-refractivity contribution is -0.123. The summed E-state index contributed by atoms with van der Waals surface area (Å²) >= 11 is 0. The fourth-order valence-corrected chi connectivity index (χ4v) is 2.99. The Labute approximate surface area is 184 Å². The Balaban J connectivity index is 3.75. The molecule has 0 aromatic carbocycles. The zero-order chi connectivity index (χ0) is 22.3. The maximum absolute atomic E-state index is 12.0. The summed E-state index contributed by atoms with van der Waals surface area (Å²) in [5.41, 5.74) is 0. The average Bonchev–Trinajstić information content (AvgIpc) is 2.74. The van der Waals surface area contributed by atoms with Gasteiger partial charge in [-0.3, -0.25) is 4.79 Å². The summed E-state index contributed by atoms with van der Waals surface area (Å²) in [6, 6.07) is -0.552. The second-order valence-corrected chi connectivity index (χ2v) is 7.67. The summed E-state index contributed by atoms with van der Waals surface area (Å²) in [4.78, 5) is 12.0. The lowest BCUT2D eigenvalue weighted by atomic mass is 10.0. The molecule has 0 fully saturated rings. The van der Waals surface area contributed by atoms with Crippen LogP contribution in [-0.4, -0.2) is 34.9 Å². The molecule has 0 radical (unpaired) electrons. The summed E-state index contributed by atoms with van der Waals surface area (Å²) in [5, 5.41) is 22.3. The van der Waals surface area contributed by atoms with Crippen molar-refractivity contribution >= 4 is 5.91 Å². The van der Waals surface area contributed by atoms with Gasteiger partial charge in [0.2, 0.25) is 5.91 Å². The van der Waals surface area contributed by atoms with E-state index in [1.54, 1.807) is 0 Å². The fraction of sp³-hybridized carbons (Fsp3) is 0.654. The molecule has 1 amide bonds. The number of allylic oxidation sites excluding steroid dienone is 8. The number of aliphatic hydroxyl groups is 2. The number of hydrogen-bond acceptors (Lipinski definition) is 3. The lowest BCUT2D eigenvalue weighted by Gasteiger charge is -2.22. The van der Waals surface area contributed by atoms with Crippen LogP contribution in [0.5, 0.6) is 0 Å². The van der Waals surface area contributed by atoms with Crippen LogP contribution in [0.3, 0.4) is 0 Å². The zero-order valence-corrected chi connectivity index (χ0v) is 19.3. The minimum Gasteiger partial charge on any atom is -0.394 e. The Morgan fingerprint density at radius 2 is 1.43 bits per heavy atom. The highest BCUT2D eigenvalue weighted by atomic mass is 16.3. The van der Waals surface area contributed by atoms with Crippen molar-refractivity contribution in [2.75, 3.05) is 6.61 Å². The van der Waals surface area contributed by atoms with Gasteiger partial charge >= 0.3 is 0 Å². The fourth-order valence-electron chi connectivity index (χ4n) is 2.99. The van der Waals surface area contributed by atoms with Crippen LogP contribution in [0.2, 0.25) is 0 Å². The monoisotopic (exact) mass is 419 g/mol. The minimum absolute atomic E-state index is 0.0891. The van der Waals surface area contributed by atoms with E-state index in [4.69, 9.17) is 0 Å². The van der Waals surface area contributed by atoms with Crippen LogP contribution in [0.4, 0.5) is 0 Å². The molecule has 0 rings (SSSR count). The number of unbranched alkanes of at least 4 members (excludes halogenated alkanes) is 4. The van der Waals surface area contributed by atoms with E-state index in [1.807, 2.05) is 0 Å². The Morgan fingerprint density at radius 3 is 2.00 bits per heavy atom. The van der Waals surface area contributed by atoms with E-state index in [0.29, 0.717) is 12.8 Å². The molecule has 0 aliphatic carbocycles. The van der Waals surface area contributed by atoms with Gasteiger partial charge in [0.1, 0.15) is 0 Å². The Morgan fingerprint density at radius 1 is 0.833 bits per heavy atom. The largest absolute Gasteiger partial charge is 0.394 e. The lowest BCUT2D eigenvalue weighted by Crippen LogP contribution is -2.45. The molecule has 0 aliphatic heterocycles. The topological polar surface area (TPSA) is 69.6 Å². The smallest absolute Gasteiger partial charge is 0.220 e. The van der Waals surface area contributed by atoms with Crippen molar-refractivity contribution in [1.82, 2.24) is 5.32 Å². The van der Waals surface area contributed by atoms with Crippen molar-refractivity contribution < 1.29 is 15.0 Å². The van der Waals surface area contributed by atoms with Crippen molar-refractivity contribution in [2.24, 2.45) is 0 Å². The van der Waals surface area contributed by atoms with Crippen LogP contribution in [0.15, 0.2) is 48.6 Å². The van der Waals surface area contributed by atoms with Crippen molar-refractivity contribution in [3.05, 3.63) is 48.6 Å². The SMILES string of the molecule is CC/C=C\C/C=C\C/C=C\C/C=C\CCCCC(=O)NC(CO)C(O)CCCCC. The molecule has 0 saturated carbocycles. The molecule has 0 aromatic rings. The Hall–Kier alpha value is -1.65. The van der Waals surface area contributed by atoms with Gasteiger partial charge in [-0.05, 0) is 51.4 Å². The Kier molecular flexibility index (Phi) is 20.8. The van der Waals surface area contributed by atoms with Gasteiger partial charge in [0, 0.05) is 6.42 Å². The molecule has 0 saturated heterocycles. The highest BCUT2D eigenvalue weighted by molar-refractivity contribution is 5.76. The van der Waals surface area contributed by atoms with E-state index in [2.05, 4.69) is 67.8 Å². The first-order valence-corrected chi connectivity index (χ1v) is 11.8. The number of rotatable bonds is 19. The first-order valence-electron chi connectivity index (χ1n) is 11.8. The van der Waals surface area contributed by atoms with Crippen molar-refractivity contribution in [1.29, 1.82) is 0 Å². The maximum Gasteiger partial charge on any atom is 0.220 e. The summed E-state index contributed by atoms with van der Waals surface area (Å²) in [5.74, 6) is -0.0891. The summed E-state index contributed by atoms with van der Waals surface area (Å²) in [6.07, 6.45) is 27.7. The van der Waals surface area contributed by atoms with E-state index < -0.39 is 12.1 Å². The summed E-state index contributed by atoms with van der Waals surface area (Å²) in [7, 11) is 0. The molecule has 2 atom stereocenters. The maximum atomic E-state index is 12.0. The molecule has 0 spiro atoms. The number of carbonyl (C=O) groups excluding carboxylic acids is 1. The van der Waals surface area contributed by atoms with E-state index in [9.17, 15) is 15.0 Å². The van der Waals surface area contributed by atoms with Crippen molar-refractivity contribution in [3.63, 3.8) is 0 Å². The molecule has 0 aliphatic rings. The predicted molar refractivity (Wildman–Crippen MR) is 128 cm³/mol. The van der Waals surface area contributed by atoms with Crippen LogP contribution in [-0.2, 0) is 4.79 Å². The number of carbonyl (C=O) groups is 1. The van der Waals surface area contributed by atoms with Crippen LogP contribution >= 0.6 is 0 Å². The molecule has 172 valence electrons. The molecule has 3 N–H and O–H groups in total. The highest BCUT2D eigenvalue weighted by Crippen LogP contribution is 2.08. The van der Waals surface area contributed by atoms with E-state index >= 15 is 0 Å². The zero-order valence-electron chi connectivity index (χ0n) is 19.3. The molecule has 0 heterocycles. The third-order valence-electron chi connectivity index (χ3n) is 4.85. The van der Waals surface area contributed by atoms with E-state index in [1.165, 1.54) is 0 Å². The first kappa shape index (κ1) is 28.4. The molecule has 30 heavy (non-hydrogen) atoms. The quantitative estimate of drug-likeness (QED) is 0.184. The van der Waals surface area contributed by atoms with E-state index in [-0.39, 0.29) is 12.5 Å². The number of nitrogens with one attached hydrogen (secondary N) is 1. The van der Waals surface area contributed by atoms with Crippen molar-refractivity contribution in [3.8, 4) is 0 Å². The molecule has 2 unspecified atom stereocenters. The Bertz CT molecular complexity index is 508. The van der Waals surface area contributed by atoms with Gasteiger partial charge in [-0.2, -0.15) is 0 Å². The van der Waals surface area contributed by atoms with Crippen LogP contribution < -0.4 is 5.32 Å². The third kappa shape index (κ3) is 18.4. The van der Waals surface area contributed by atoms with Gasteiger partial charge in [0.15, 0.2) is 0 Å². The van der Waals surface area contributed by atoms with Crippen LogP contribution in [0, 0.1) is 0 Å². The predicted octanol–water partition coefficient (Wildman–Crippen LogP) is 5.77. The van der Waals surface area contributed by atoms with Gasteiger partial charge in [-0.1, -0.05) is 81.7 Å². The number of amides is 1. The average molecular weight is 420 g/mol. The van der Waals surface area contributed by atoms with Gasteiger partial charge < -0.3 is 15.5 Å². The summed E-state index contributed by atoms with van der Waals surface area (Å²) < 4.78 is 0. The number of aliphatic hydroxyl groups excluding tert-OH is 2. The van der Waals surface area contributed by atoms with E-state index in [0.717, 1.165) is 64.2 Å². The van der Waals surface area contributed by atoms with Crippen molar-refractivity contribution in [2.45, 2.75) is 103 Å². The molecular weight excluding hydrogens is 374 g/mol. The van der Waals surface area contributed by atoms with Gasteiger partial charge in [-0.15, -0.1) is 0 Å². The molecule has 4 nitrogen and oxygen atoms in total. The normalized spacial score (nSPS) is 14.4. The molecular formula is C26H45NO3. The molecule has 4 heteroatoms.